The Kier molecular flexibility index (Phi) is 4.35. The van der Waals surface area contributed by atoms with Gasteiger partial charge in [0.15, 0.2) is 0 Å². The van der Waals surface area contributed by atoms with Crippen molar-refractivity contribution in [2.75, 3.05) is 0 Å². The predicted octanol–water partition coefficient (Wildman–Crippen LogP) is 3.88. The zero-order chi connectivity index (χ0) is 13.7. The first-order valence-corrected chi connectivity index (χ1v) is 6.63. The number of hydrogen-bond donors (Lipinski definition) is 1. The van der Waals surface area contributed by atoms with Crippen molar-refractivity contribution in [2.24, 2.45) is 0 Å². The van der Waals surface area contributed by atoms with Crippen molar-refractivity contribution < 1.29 is 4.79 Å². The van der Waals surface area contributed by atoms with Gasteiger partial charge in [0.05, 0.1) is 6.04 Å². The molecule has 2 aromatic carbocycles. The van der Waals surface area contributed by atoms with Gasteiger partial charge < -0.3 is 5.32 Å². The molecule has 2 heteroatoms. The van der Waals surface area contributed by atoms with Gasteiger partial charge in [0.25, 0.3) is 5.91 Å². The molecule has 0 aromatic heterocycles. The second-order valence-corrected chi connectivity index (χ2v) is 4.71. The summed E-state index contributed by atoms with van der Waals surface area (Å²) in [5, 5.41) is 3.08. The standard InChI is InChI=1S/C17H19NO/c1-3-16(14-11-9-13(2)10-12-14)18-17(19)15-7-5-4-6-8-15/h4-12,16H,3H2,1-2H3,(H,18,19)/t16-/m0/s1. The zero-order valence-electron chi connectivity index (χ0n) is 11.4. The van der Waals surface area contributed by atoms with E-state index in [2.05, 4.69) is 43.4 Å². The van der Waals surface area contributed by atoms with Crippen LogP contribution in [0, 0.1) is 6.92 Å². The molecule has 2 rings (SSSR count). The lowest BCUT2D eigenvalue weighted by Crippen LogP contribution is -2.28. The van der Waals surface area contributed by atoms with Crippen molar-refractivity contribution >= 4 is 5.91 Å². The van der Waals surface area contributed by atoms with Crippen molar-refractivity contribution in [3.63, 3.8) is 0 Å². The molecule has 1 N–H and O–H groups in total. The summed E-state index contributed by atoms with van der Waals surface area (Å²) < 4.78 is 0. The van der Waals surface area contributed by atoms with Crippen LogP contribution >= 0.6 is 0 Å². The van der Waals surface area contributed by atoms with Crippen molar-refractivity contribution in [1.82, 2.24) is 5.32 Å². The van der Waals surface area contributed by atoms with Crippen LogP contribution in [0.5, 0.6) is 0 Å². The maximum Gasteiger partial charge on any atom is 0.251 e. The number of benzene rings is 2. The first-order chi connectivity index (χ1) is 9.20. The first-order valence-electron chi connectivity index (χ1n) is 6.63. The van der Waals surface area contributed by atoms with E-state index in [9.17, 15) is 4.79 Å². The van der Waals surface area contributed by atoms with E-state index in [-0.39, 0.29) is 11.9 Å². The largest absolute Gasteiger partial charge is 0.345 e. The Balaban J connectivity index is 2.11. The van der Waals surface area contributed by atoms with Crippen molar-refractivity contribution in [2.45, 2.75) is 26.3 Å². The van der Waals surface area contributed by atoms with Crippen LogP contribution in [0.2, 0.25) is 0 Å². The average Bonchev–Trinajstić information content (AvgIpc) is 2.46. The molecule has 0 bridgehead atoms. The molecule has 0 saturated heterocycles. The average molecular weight is 253 g/mol. The molecule has 1 atom stereocenters. The molecule has 0 aliphatic carbocycles. The van der Waals surface area contributed by atoms with Crippen LogP contribution in [0.1, 0.15) is 40.9 Å². The van der Waals surface area contributed by atoms with E-state index in [1.54, 1.807) is 0 Å². The number of amides is 1. The summed E-state index contributed by atoms with van der Waals surface area (Å²) in [7, 11) is 0. The molecule has 0 aliphatic rings. The molecule has 0 saturated carbocycles. The topological polar surface area (TPSA) is 29.1 Å². The molecule has 2 nitrogen and oxygen atoms in total. The third kappa shape index (κ3) is 3.44. The normalized spacial score (nSPS) is 11.9. The number of aryl methyl sites for hydroxylation is 1. The van der Waals surface area contributed by atoms with E-state index in [0.717, 1.165) is 12.0 Å². The molecule has 0 aliphatic heterocycles. The van der Waals surface area contributed by atoms with E-state index in [1.807, 2.05) is 30.3 Å². The van der Waals surface area contributed by atoms with Gasteiger partial charge in [-0.05, 0) is 31.0 Å². The summed E-state index contributed by atoms with van der Waals surface area (Å²) in [6.45, 7) is 4.14. The molecule has 2 aromatic rings. The fourth-order valence-corrected chi connectivity index (χ4v) is 2.05. The Morgan fingerprint density at radius 3 is 2.26 bits per heavy atom. The maximum absolute atomic E-state index is 12.1. The lowest BCUT2D eigenvalue weighted by atomic mass is 10.0. The summed E-state index contributed by atoms with van der Waals surface area (Å²) in [6, 6.07) is 17.7. The minimum atomic E-state index is -0.0203. The minimum absolute atomic E-state index is 0.0203. The fourth-order valence-electron chi connectivity index (χ4n) is 2.05. The molecule has 1 amide bonds. The quantitative estimate of drug-likeness (QED) is 0.880. The van der Waals surface area contributed by atoms with Gasteiger partial charge in [0, 0.05) is 5.56 Å². The highest BCUT2D eigenvalue weighted by molar-refractivity contribution is 5.94. The minimum Gasteiger partial charge on any atom is -0.345 e. The van der Waals surface area contributed by atoms with Crippen LogP contribution in [0.3, 0.4) is 0 Å². The third-order valence-electron chi connectivity index (χ3n) is 3.23. The maximum atomic E-state index is 12.1. The summed E-state index contributed by atoms with van der Waals surface area (Å²) in [4.78, 5) is 12.1. The second-order valence-electron chi connectivity index (χ2n) is 4.71. The highest BCUT2D eigenvalue weighted by Gasteiger charge is 2.13. The molecular weight excluding hydrogens is 234 g/mol. The highest BCUT2D eigenvalue weighted by Crippen LogP contribution is 2.17. The molecule has 19 heavy (non-hydrogen) atoms. The van der Waals surface area contributed by atoms with Gasteiger partial charge in [-0.1, -0.05) is 55.0 Å². The van der Waals surface area contributed by atoms with Crippen LogP contribution in [-0.4, -0.2) is 5.91 Å². The summed E-state index contributed by atoms with van der Waals surface area (Å²) in [6.07, 6.45) is 0.877. The Hall–Kier alpha value is -2.09. The monoisotopic (exact) mass is 253 g/mol. The van der Waals surface area contributed by atoms with Crippen molar-refractivity contribution in [1.29, 1.82) is 0 Å². The van der Waals surface area contributed by atoms with Crippen LogP contribution < -0.4 is 5.32 Å². The zero-order valence-corrected chi connectivity index (χ0v) is 11.4. The number of nitrogens with one attached hydrogen (secondary N) is 1. The fraction of sp³-hybridized carbons (Fsp3) is 0.235. The molecular formula is C17H19NO. The molecule has 0 unspecified atom stereocenters. The lowest BCUT2D eigenvalue weighted by molar-refractivity contribution is 0.0935. The summed E-state index contributed by atoms with van der Waals surface area (Å²) >= 11 is 0. The molecule has 98 valence electrons. The predicted molar refractivity (Wildman–Crippen MR) is 78.1 cm³/mol. The summed E-state index contributed by atoms with van der Waals surface area (Å²) in [5.74, 6) is -0.0203. The van der Waals surface area contributed by atoms with Gasteiger partial charge in [0.2, 0.25) is 0 Å². The summed E-state index contributed by atoms with van der Waals surface area (Å²) in [5.41, 5.74) is 3.08. The van der Waals surface area contributed by atoms with Gasteiger partial charge in [-0.2, -0.15) is 0 Å². The third-order valence-corrected chi connectivity index (χ3v) is 3.23. The number of rotatable bonds is 4. The molecule has 0 fully saturated rings. The van der Waals surface area contributed by atoms with Crippen LogP contribution in [0.25, 0.3) is 0 Å². The van der Waals surface area contributed by atoms with E-state index < -0.39 is 0 Å². The molecule has 0 spiro atoms. The SMILES string of the molecule is CC[C@H](NC(=O)c1ccccc1)c1ccc(C)cc1. The lowest BCUT2D eigenvalue weighted by Gasteiger charge is -2.17. The van der Waals surface area contributed by atoms with E-state index >= 15 is 0 Å². The van der Waals surface area contributed by atoms with E-state index in [0.29, 0.717) is 5.56 Å². The molecule has 0 heterocycles. The van der Waals surface area contributed by atoms with Crippen molar-refractivity contribution in [3.8, 4) is 0 Å². The van der Waals surface area contributed by atoms with Gasteiger partial charge in [-0.3, -0.25) is 4.79 Å². The Morgan fingerprint density at radius 2 is 1.68 bits per heavy atom. The van der Waals surface area contributed by atoms with Gasteiger partial charge in [-0.15, -0.1) is 0 Å². The van der Waals surface area contributed by atoms with Gasteiger partial charge in [-0.25, -0.2) is 0 Å². The van der Waals surface area contributed by atoms with E-state index in [1.165, 1.54) is 5.56 Å². The first kappa shape index (κ1) is 13.3. The molecule has 0 radical (unpaired) electrons. The van der Waals surface area contributed by atoms with Gasteiger partial charge >= 0.3 is 0 Å². The number of hydrogen-bond acceptors (Lipinski definition) is 1. The van der Waals surface area contributed by atoms with Crippen LogP contribution in [-0.2, 0) is 0 Å². The smallest absolute Gasteiger partial charge is 0.251 e. The van der Waals surface area contributed by atoms with Crippen LogP contribution in [0.4, 0.5) is 0 Å². The second kappa shape index (κ2) is 6.19. The Morgan fingerprint density at radius 1 is 1.05 bits per heavy atom. The van der Waals surface area contributed by atoms with Crippen molar-refractivity contribution in [3.05, 3.63) is 71.3 Å². The highest BCUT2D eigenvalue weighted by atomic mass is 16.1. The number of carbonyl (C=O) groups is 1. The number of carbonyl (C=O) groups excluding carboxylic acids is 1. The van der Waals surface area contributed by atoms with E-state index in [4.69, 9.17) is 0 Å². The Bertz CT molecular complexity index is 531. The van der Waals surface area contributed by atoms with Gasteiger partial charge in [0.1, 0.15) is 0 Å². The Labute approximate surface area is 114 Å². The van der Waals surface area contributed by atoms with Crippen LogP contribution in [0.15, 0.2) is 54.6 Å².